The Morgan fingerprint density at radius 3 is 2.95 bits per heavy atom. The lowest BCUT2D eigenvalue weighted by atomic mass is 10.3. The number of aliphatic imine (C=N–C) groups is 1. The van der Waals surface area contributed by atoms with Crippen LogP contribution in [0.1, 0.15) is 5.56 Å². The number of amides is 1. The van der Waals surface area contributed by atoms with E-state index in [1.165, 1.54) is 18.7 Å². The molecule has 0 aliphatic heterocycles. The molecule has 0 aliphatic carbocycles. The molecule has 20 heavy (non-hydrogen) atoms. The van der Waals surface area contributed by atoms with Crippen LogP contribution in [-0.2, 0) is 16.1 Å². The van der Waals surface area contributed by atoms with Crippen molar-refractivity contribution in [3.05, 3.63) is 20.7 Å². The molecule has 0 fully saturated rings. The average molecular weight is 300 g/mol. The monoisotopic (exact) mass is 300 g/mol. The van der Waals surface area contributed by atoms with Crippen LogP contribution in [0, 0.1) is 4.77 Å². The van der Waals surface area contributed by atoms with Crippen LogP contribution in [0.4, 0.5) is 0 Å². The third kappa shape index (κ3) is 4.00. The number of methoxy groups -OCH3 is 1. The lowest BCUT2D eigenvalue weighted by Crippen LogP contribution is -2.22. The SMILES string of the molecule is CNC(=O)CN=Cc1c(O)n(CCOC)c(=S)[nH]c1=O. The van der Waals surface area contributed by atoms with Gasteiger partial charge in [0.15, 0.2) is 4.77 Å². The van der Waals surface area contributed by atoms with Gasteiger partial charge in [-0.25, -0.2) is 0 Å². The molecule has 1 rings (SSSR count). The van der Waals surface area contributed by atoms with Gasteiger partial charge in [0.05, 0.1) is 13.2 Å². The maximum absolute atomic E-state index is 11.7. The molecule has 1 aromatic rings. The molecule has 8 nitrogen and oxygen atoms in total. The second-order valence-corrected chi connectivity index (χ2v) is 4.17. The van der Waals surface area contributed by atoms with E-state index in [0.29, 0.717) is 6.61 Å². The fourth-order valence-electron chi connectivity index (χ4n) is 1.38. The molecule has 0 aromatic carbocycles. The van der Waals surface area contributed by atoms with E-state index in [4.69, 9.17) is 17.0 Å². The van der Waals surface area contributed by atoms with Crippen LogP contribution < -0.4 is 10.9 Å². The molecule has 9 heteroatoms. The molecule has 3 N–H and O–H groups in total. The zero-order valence-corrected chi connectivity index (χ0v) is 12.0. The number of aromatic amines is 1. The van der Waals surface area contributed by atoms with Gasteiger partial charge in [-0.1, -0.05) is 0 Å². The number of aromatic nitrogens is 2. The molecule has 0 atom stereocenters. The Labute approximate surface area is 120 Å². The Hall–Kier alpha value is -2.00. The van der Waals surface area contributed by atoms with E-state index < -0.39 is 5.56 Å². The summed E-state index contributed by atoms with van der Waals surface area (Å²) in [7, 11) is 2.99. The molecule has 0 spiro atoms. The summed E-state index contributed by atoms with van der Waals surface area (Å²) >= 11 is 4.96. The Morgan fingerprint density at radius 2 is 2.35 bits per heavy atom. The summed E-state index contributed by atoms with van der Waals surface area (Å²) in [4.78, 5) is 28.9. The first-order valence-electron chi connectivity index (χ1n) is 5.76. The smallest absolute Gasteiger partial charge is 0.264 e. The van der Waals surface area contributed by atoms with Gasteiger partial charge < -0.3 is 15.2 Å². The molecule has 0 radical (unpaired) electrons. The summed E-state index contributed by atoms with van der Waals surface area (Å²) in [5, 5.41) is 12.4. The maximum Gasteiger partial charge on any atom is 0.264 e. The second kappa shape index (κ2) is 7.56. The number of ether oxygens (including phenoxy) is 1. The Bertz CT molecular complexity index is 620. The lowest BCUT2D eigenvalue weighted by Gasteiger charge is -2.10. The van der Waals surface area contributed by atoms with Crippen molar-refractivity contribution in [2.75, 3.05) is 27.3 Å². The average Bonchev–Trinajstić information content (AvgIpc) is 2.41. The van der Waals surface area contributed by atoms with Crippen LogP contribution in [-0.4, -0.2) is 54.1 Å². The molecule has 0 saturated carbocycles. The van der Waals surface area contributed by atoms with Gasteiger partial charge in [0, 0.05) is 20.4 Å². The van der Waals surface area contributed by atoms with E-state index in [2.05, 4.69) is 15.3 Å². The van der Waals surface area contributed by atoms with E-state index in [1.54, 1.807) is 0 Å². The number of rotatable bonds is 6. The first kappa shape index (κ1) is 16.1. The molecule has 0 bridgehead atoms. The van der Waals surface area contributed by atoms with Crippen LogP contribution in [0.5, 0.6) is 5.88 Å². The Balaban J connectivity index is 3.10. The highest BCUT2D eigenvalue weighted by molar-refractivity contribution is 7.71. The summed E-state index contributed by atoms with van der Waals surface area (Å²) in [5.74, 6) is -0.610. The first-order valence-corrected chi connectivity index (χ1v) is 6.17. The number of nitrogens with zero attached hydrogens (tertiary/aromatic N) is 2. The maximum atomic E-state index is 11.7. The third-order valence-corrected chi connectivity index (χ3v) is 2.78. The van der Waals surface area contributed by atoms with Crippen molar-refractivity contribution in [3.63, 3.8) is 0 Å². The molecular formula is C11H16N4O4S. The van der Waals surface area contributed by atoms with Gasteiger partial charge in [-0.3, -0.25) is 24.1 Å². The van der Waals surface area contributed by atoms with E-state index in [-0.39, 0.29) is 35.2 Å². The number of aromatic hydroxyl groups is 1. The van der Waals surface area contributed by atoms with Crippen molar-refractivity contribution in [1.82, 2.24) is 14.9 Å². The topological polar surface area (TPSA) is 109 Å². The predicted molar refractivity (Wildman–Crippen MR) is 76.0 cm³/mol. The highest BCUT2D eigenvalue weighted by Gasteiger charge is 2.10. The molecule has 1 aromatic heterocycles. The zero-order valence-electron chi connectivity index (χ0n) is 11.2. The lowest BCUT2D eigenvalue weighted by molar-refractivity contribution is -0.119. The van der Waals surface area contributed by atoms with Crippen LogP contribution in [0.2, 0.25) is 0 Å². The minimum Gasteiger partial charge on any atom is -0.494 e. The molecule has 1 amide bonds. The van der Waals surface area contributed by atoms with Crippen molar-refractivity contribution in [3.8, 4) is 5.88 Å². The van der Waals surface area contributed by atoms with Gasteiger partial charge in [0.2, 0.25) is 11.8 Å². The number of likely N-dealkylation sites (N-methyl/N-ethyl adjacent to an activating group) is 1. The van der Waals surface area contributed by atoms with Gasteiger partial charge in [-0.05, 0) is 12.2 Å². The van der Waals surface area contributed by atoms with Crippen molar-refractivity contribution in [2.45, 2.75) is 6.54 Å². The van der Waals surface area contributed by atoms with Crippen LogP contribution in [0.25, 0.3) is 0 Å². The highest BCUT2D eigenvalue weighted by Crippen LogP contribution is 2.11. The van der Waals surface area contributed by atoms with Crippen molar-refractivity contribution >= 4 is 24.3 Å². The molecule has 0 unspecified atom stereocenters. The molecule has 0 saturated heterocycles. The zero-order chi connectivity index (χ0) is 15.1. The fourth-order valence-corrected chi connectivity index (χ4v) is 1.65. The predicted octanol–water partition coefficient (Wildman–Crippen LogP) is -0.577. The number of hydrogen-bond acceptors (Lipinski definition) is 6. The van der Waals surface area contributed by atoms with Crippen molar-refractivity contribution < 1.29 is 14.6 Å². The Morgan fingerprint density at radius 1 is 1.65 bits per heavy atom. The van der Waals surface area contributed by atoms with Gasteiger partial charge >= 0.3 is 0 Å². The summed E-state index contributed by atoms with van der Waals surface area (Å²) in [6, 6.07) is 0. The van der Waals surface area contributed by atoms with Crippen LogP contribution in [0.15, 0.2) is 9.79 Å². The van der Waals surface area contributed by atoms with Gasteiger partial charge in [-0.2, -0.15) is 0 Å². The third-order valence-electron chi connectivity index (χ3n) is 2.46. The quantitative estimate of drug-likeness (QED) is 0.481. The number of carbonyl (C=O) groups excluding carboxylic acids is 1. The largest absolute Gasteiger partial charge is 0.494 e. The van der Waals surface area contributed by atoms with E-state index in [0.717, 1.165) is 6.21 Å². The van der Waals surface area contributed by atoms with Crippen molar-refractivity contribution in [1.29, 1.82) is 0 Å². The van der Waals surface area contributed by atoms with Gasteiger partial charge in [-0.15, -0.1) is 0 Å². The molecule has 110 valence electrons. The van der Waals surface area contributed by atoms with E-state index >= 15 is 0 Å². The van der Waals surface area contributed by atoms with E-state index in [9.17, 15) is 14.7 Å². The summed E-state index contributed by atoms with van der Waals surface area (Å²) in [5.41, 5.74) is -0.625. The van der Waals surface area contributed by atoms with Gasteiger partial charge in [0.1, 0.15) is 12.1 Å². The van der Waals surface area contributed by atoms with Crippen LogP contribution >= 0.6 is 12.2 Å². The fraction of sp³-hybridized carbons (Fsp3) is 0.455. The number of H-pyrrole nitrogens is 1. The first-order chi connectivity index (χ1) is 9.51. The second-order valence-electron chi connectivity index (χ2n) is 3.78. The summed E-state index contributed by atoms with van der Waals surface area (Å²) < 4.78 is 6.31. The normalized spacial score (nSPS) is 10.9. The van der Waals surface area contributed by atoms with E-state index in [1.807, 2.05) is 0 Å². The molecule has 1 heterocycles. The highest BCUT2D eigenvalue weighted by atomic mass is 32.1. The standard InChI is InChI=1S/C11H16N4O4S/c1-12-8(16)6-13-5-7-9(17)14-11(20)15(10(7)18)3-4-19-2/h5,18H,3-4,6H2,1-2H3,(H,12,16)(H,14,17,20). The van der Waals surface area contributed by atoms with Gasteiger partial charge in [0.25, 0.3) is 5.56 Å². The molecular weight excluding hydrogens is 284 g/mol. The summed E-state index contributed by atoms with van der Waals surface area (Å²) in [6.07, 6.45) is 1.14. The number of carbonyl (C=O) groups is 1. The minimum absolute atomic E-state index is 0.0568. The van der Waals surface area contributed by atoms with Crippen LogP contribution in [0.3, 0.4) is 0 Å². The summed E-state index contributed by atoms with van der Waals surface area (Å²) in [6.45, 7) is 0.472. The Kier molecular flexibility index (Phi) is 6.07. The van der Waals surface area contributed by atoms with Crippen molar-refractivity contribution in [2.24, 2.45) is 4.99 Å². The number of nitrogens with one attached hydrogen (secondary N) is 2. The number of hydrogen-bond donors (Lipinski definition) is 3. The molecule has 0 aliphatic rings. The minimum atomic E-state index is -0.568.